The highest BCUT2D eigenvalue weighted by molar-refractivity contribution is 9.10. The molecule has 1 rings (SSSR count). The minimum Gasteiger partial charge on any atom is -0.490 e. The number of carbonyl (C=O) groups is 1. The molecule has 0 fully saturated rings. The molecule has 0 atom stereocenters. The van der Waals surface area contributed by atoms with Crippen molar-refractivity contribution >= 4 is 21.8 Å². The van der Waals surface area contributed by atoms with Crippen LogP contribution in [0.2, 0.25) is 0 Å². The van der Waals surface area contributed by atoms with E-state index < -0.39 is 18.6 Å². The molecule has 1 aromatic carbocycles. The molecule has 0 heterocycles. The van der Waals surface area contributed by atoms with Gasteiger partial charge in [0, 0.05) is 11.0 Å². The third kappa shape index (κ3) is 7.13. The average molecular weight is 426 g/mol. The molecule has 1 amide bonds. The number of benzene rings is 1. The van der Waals surface area contributed by atoms with Gasteiger partial charge in [0.2, 0.25) is 5.91 Å². The summed E-state index contributed by atoms with van der Waals surface area (Å²) in [5.41, 5.74) is 0.556. The number of rotatable bonds is 9. The van der Waals surface area contributed by atoms with Crippen molar-refractivity contribution < 1.29 is 27.4 Å². The Kier molecular flexibility index (Phi) is 8.55. The van der Waals surface area contributed by atoms with Crippen LogP contribution in [0.3, 0.4) is 0 Å². The monoisotopic (exact) mass is 425 g/mol. The van der Waals surface area contributed by atoms with Crippen LogP contribution in [0, 0.1) is 0 Å². The highest BCUT2D eigenvalue weighted by Gasteiger charge is 2.32. The number of hydrogen-bond donors (Lipinski definition) is 0. The summed E-state index contributed by atoms with van der Waals surface area (Å²) in [4.78, 5) is 13.2. The molecule has 0 saturated heterocycles. The van der Waals surface area contributed by atoms with Crippen LogP contribution in [0.4, 0.5) is 13.2 Å². The fourth-order valence-corrected chi connectivity index (χ4v) is 2.76. The first-order valence-electron chi connectivity index (χ1n) is 8.14. The second kappa shape index (κ2) is 9.89. The van der Waals surface area contributed by atoms with Crippen molar-refractivity contribution in [3.63, 3.8) is 0 Å². The Bertz CT molecular complexity index is 579. The molecule has 0 aliphatic carbocycles. The molecule has 142 valence electrons. The molecule has 0 aliphatic rings. The Balaban J connectivity index is 3.02. The van der Waals surface area contributed by atoms with Crippen LogP contribution >= 0.6 is 15.9 Å². The first kappa shape index (κ1) is 21.6. The van der Waals surface area contributed by atoms with Crippen LogP contribution in [0.5, 0.6) is 11.5 Å². The van der Waals surface area contributed by atoms with Crippen LogP contribution in [-0.4, -0.2) is 43.3 Å². The van der Waals surface area contributed by atoms with E-state index in [2.05, 4.69) is 15.9 Å². The summed E-state index contributed by atoms with van der Waals surface area (Å²) < 4.78 is 49.6. The normalized spacial score (nSPS) is 11.3. The number of halogens is 4. The van der Waals surface area contributed by atoms with E-state index in [1.54, 1.807) is 19.1 Å². The van der Waals surface area contributed by atoms with Crippen LogP contribution in [0.25, 0.3) is 0 Å². The van der Waals surface area contributed by atoms with Crippen LogP contribution in [0.1, 0.15) is 32.8 Å². The molecule has 8 heteroatoms. The van der Waals surface area contributed by atoms with Crippen LogP contribution in [-0.2, 0) is 11.2 Å². The molecule has 0 radical (unpaired) electrons. The Labute approximate surface area is 154 Å². The van der Waals surface area contributed by atoms with E-state index in [0.717, 1.165) is 4.90 Å². The molecule has 4 nitrogen and oxygen atoms in total. The Morgan fingerprint density at radius 3 is 2.16 bits per heavy atom. The van der Waals surface area contributed by atoms with E-state index in [-0.39, 0.29) is 13.0 Å². The largest absolute Gasteiger partial charge is 0.490 e. The summed E-state index contributed by atoms with van der Waals surface area (Å²) in [5, 5.41) is 0. The van der Waals surface area contributed by atoms with Gasteiger partial charge in [0.15, 0.2) is 11.5 Å². The Hall–Kier alpha value is -1.44. The van der Waals surface area contributed by atoms with Gasteiger partial charge < -0.3 is 14.4 Å². The lowest BCUT2D eigenvalue weighted by Crippen LogP contribution is -2.40. The number of nitrogens with zero attached hydrogens (tertiary/aromatic N) is 1. The van der Waals surface area contributed by atoms with E-state index in [0.29, 0.717) is 41.2 Å². The van der Waals surface area contributed by atoms with Crippen molar-refractivity contribution in [2.45, 2.75) is 39.8 Å². The summed E-state index contributed by atoms with van der Waals surface area (Å²) in [6, 6.07) is 3.30. The lowest BCUT2D eigenvalue weighted by Gasteiger charge is -2.24. The van der Waals surface area contributed by atoms with Gasteiger partial charge in [-0.05, 0) is 38.0 Å². The van der Waals surface area contributed by atoms with E-state index in [4.69, 9.17) is 9.47 Å². The van der Waals surface area contributed by atoms with E-state index in [1.165, 1.54) is 0 Å². The molecule has 0 spiro atoms. The maximum atomic E-state index is 12.7. The number of alkyl halides is 3. The Morgan fingerprint density at radius 2 is 1.68 bits per heavy atom. The lowest BCUT2D eigenvalue weighted by atomic mass is 10.1. The van der Waals surface area contributed by atoms with Gasteiger partial charge >= 0.3 is 6.18 Å². The van der Waals surface area contributed by atoms with Crippen molar-refractivity contribution in [3.8, 4) is 11.5 Å². The fraction of sp³-hybridized carbons (Fsp3) is 0.588. The van der Waals surface area contributed by atoms with Gasteiger partial charge in [-0.25, -0.2) is 0 Å². The molecule has 25 heavy (non-hydrogen) atoms. The molecular formula is C17H23BrF3NO3. The second-order valence-electron chi connectivity index (χ2n) is 5.36. The summed E-state index contributed by atoms with van der Waals surface area (Å²) in [6.45, 7) is 5.05. The van der Waals surface area contributed by atoms with E-state index >= 15 is 0 Å². The highest BCUT2D eigenvalue weighted by atomic mass is 79.9. The minimum absolute atomic E-state index is 0.0608. The van der Waals surface area contributed by atoms with Gasteiger partial charge in [-0.15, -0.1) is 0 Å². The molecule has 0 N–H and O–H groups in total. The van der Waals surface area contributed by atoms with Crippen molar-refractivity contribution in [2.24, 2.45) is 0 Å². The number of hydrogen-bond acceptors (Lipinski definition) is 3. The predicted octanol–water partition coefficient (Wildman–Crippen LogP) is 4.59. The molecule has 0 bridgehead atoms. The summed E-state index contributed by atoms with van der Waals surface area (Å²) in [6.07, 6.45) is -4.11. The predicted molar refractivity (Wildman–Crippen MR) is 93.1 cm³/mol. The molecular weight excluding hydrogens is 403 g/mol. The third-order valence-electron chi connectivity index (χ3n) is 3.27. The quantitative estimate of drug-likeness (QED) is 0.580. The van der Waals surface area contributed by atoms with Gasteiger partial charge in [0.05, 0.1) is 19.6 Å². The third-order valence-corrected chi connectivity index (χ3v) is 4.01. The Morgan fingerprint density at radius 1 is 1.12 bits per heavy atom. The second-order valence-corrected chi connectivity index (χ2v) is 6.22. The molecule has 0 saturated carbocycles. The standard InChI is InChI=1S/C17H23BrF3NO3/c1-4-7-22(11-17(19,20)21)16(23)9-12-8-14(24-5-2)15(25-6-3)10-13(12)18/h8,10H,4-7,9,11H2,1-3H3. The van der Waals surface area contributed by atoms with Gasteiger partial charge in [-0.2, -0.15) is 13.2 Å². The lowest BCUT2D eigenvalue weighted by molar-refractivity contribution is -0.160. The number of amides is 1. The molecule has 0 unspecified atom stereocenters. The zero-order valence-electron chi connectivity index (χ0n) is 14.6. The van der Waals surface area contributed by atoms with Crippen molar-refractivity contribution in [1.82, 2.24) is 4.90 Å². The van der Waals surface area contributed by atoms with Crippen molar-refractivity contribution in [1.29, 1.82) is 0 Å². The summed E-state index contributed by atoms with van der Waals surface area (Å²) >= 11 is 3.35. The SMILES string of the molecule is CCCN(CC(F)(F)F)C(=O)Cc1cc(OCC)c(OCC)cc1Br. The zero-order valence-corrected chi connectivity index (χ0v) is 16.2. The number of ether oxygens (including phenoxy) is 2. The smallest absolute Gasteiger partial charge is 0.406 e. The van der Waals surface area contributed by atoms with Crippen molar-refractivity contribution in [3.05, 3.63) is 22.2 Å². The maximum absolute atomic E-state index is 12.7. The van der Waals surface area contributed by atoms with Crippen LogP contribution < -0.4 is 9.47 Å². The summed E-state index contributed by atoms with van der Waals surface area (Å²) in [5.74, 6) is 0.410. The van der Waals surface area contributed by atoms with E-state index in [9.17, 15) is 18.0 Å². The van der Waals surface area contributed by atoms with Crippen molar-refractivity contribution in [2.75, 3.05) is 26.3 Å². The number of carbonyl (C=O) groups excluding carboxylic acids is 1. The topological polar surface area (TPSA) is 38.8 Å². The maximum Gasteiger partial charge on any atom is 0.406 e. The first-order valence-corrected chi connectivity index (χ1v) is 8.93. The average Bonchev–Trinajstić information content (AvgIpc) is 2.50. The van der Waals surface area contributed by atoms with Gasteiger partial charge in [0.1, 0.15) is 6.54 Å². The summed E-state index contributed by atoms with van der Waals surface area (Å²) in [7, 11) is 0. The van der Waals surface area contributed by atoms with Gasteiger partial charge in [-0.1, -0.05) is 22.9 Å². The van der Waals surface area contributed by atoms with Gasteiger partial charge in [0.25, 0.3) is 0 Å². The molecule has 1 aromatic rings. The highest BCUT2D eigenvalue weighted by Crippen LogP contribution is 2.34. The fourth-order valence-electron chi connectivity index (χ4n) is 2.30. The van der Waals surface area contributed by atoms with E-state index in [1.807, 2.05) is 13.8 Å². The molecule has 0 aromatic heterocycles. The first-order chi connectivity index (χ1) is 11.7. The zero-order chi connectivity index (χ0) is 19.0. The molecule has 0 aliphatic heterocycles. The van der Waals surface area contributed by atoms with Gasteiger partial charge in [-0.3, -0.25) is 4.79 Å². The van der Waals surface area contributed by atoms with Crippen LogP contribution in [0.15, 0.2) is 16.6 Å². The minimum atomic E-state index is -4.42.